The van der Waals surface area contributed by atoms with Crippen molar-refractivity contribution in [2.24, 2.45) is 7.05 Å². The summed E-state index contributed by atoms with van der Waals surface area (Å²) >= 11 is 0. The third-order valence-corrected chi connectivity index (χ3v) is 7.52. The Morgan fingerprint density at radius 3 is 2.56 bits per heavy atom. The van der Waals surface area contributed by atoms with Crippen molar-refractivity contribution in [3.63, 3.8) is 0 Å². The molecule has 2 aromatic heterocycles. The summed E-state index contributed by atoms with van der Waals surface area (Å²) in [5, 5.41) is 25.2. The third-order valence-electron chi connectivity index (χ3n) is 7.52. The number of aryl methyl sites for hydroxylation is 1. The van der Waals surface area contributed by atoms with Crippen LogP contribution in [0.1, 0.15) is 31.4 Å². The van der Waals surface area contributed by atoms with E-state index in [0.29, 0.717) is 35.1 Å². The molecule has 0 spiro atoms. The van der Waals surface area contributed by atoms with E-state index in [1.54, 1.807) is 17.9 Å². The predicted molar refractivity (Wildman–Crippen MR) is 138 cm³/mol. The number of likely N-dealkylation sites (tertiary alicyclic amines) is 1. The van der Waals surface area contributed by atoms with E-state index in [1.807, 2.05) is 43.6 Å². The number of aromatic nitrogens is 4. The Balaban J connectivity index is 1.15. The van der Waals surface area contributed by atoms with Crippen LogP contribution in [-0.4, -0.2) is 68.9 Å². The molecule has 1 aliphatic heterocycles. The molecule has 0 amide bonds. The minimum absolute atomic E-state index is 0.170. The smallest absolute Gasteiger partial charge is 0.147 e. The first-order valence-corrected chi connectivity index (χ1v) is 12.6. The van der Waals surface area contributed by atoms with Crippen LogP contribution < -0.4 is 4.74 Å². The second-order valence-electron chi connectivity index (χ2n) is 9.85. The van der Waals surface area contributed by atoms with Gasteiger partial charge in [0.25, 0.3) is 0 Å². The number of ether oxygens (including phenoxy) is 2. The number of rotatable bonds is 7. The van der Waals surface area contributed by atoms with Crippen molar-refractivity contribution in [3.05, 3.63) is 54.4 Å². The van der Waals surface area contributed by atoms with E-state index in [1.165, 1.54) is 0 Å². The molecule has 1 saturated carbocycles. The van der Waals surface area contributed by atoms with Gasteiger partial charge in [-0.25, -0.2) is 0 Å². The zero-order valence-corrected chi connectivity index (χ0v) is 20.9. The molecule has 186 valence electrons. The molecule has 2 fully saturated rings. The summed E-state index contributed by atoms with van der Waals surface area (Å²) in [5.41, 5.74) is 5.00. The molecular formula is C28H31N5O3. The van der Waals surface area contributed by atoms with Gasteiger partial charge in [0, 0.05) is 55.9 Å². The molecule has 1 N–H and O–H groups in total. The Morgan fingerprint density at radius 2 is 1.86 bits per heavy atom. The van der Waals surface area contributed by atoms with Gasteiger partial charge in [0.1, 0.15) is 17.0 Å². The monoisotopic (exact) mass is 485 g/mol. The van der Waals surface area contributed by atoms with Gasteiger partial charge >= 0.3 is 0 Å². The lowest BCUT2D eigenvalue weighted by Gasteiger charge is -2.50. The maximum atomic E-state index is 10.8. The van der Waals surface area contributed by atoms with Crippen LogP contribution in [0.4, 0.5) is 0 Å². The molecule has 4 aromatic rings. The fraction of sp³-hybridized carbons (Fsp3) is 0.393. The highest BCUT2D eigenvalue weighted by Gasteiger charge is 2.41. The number of benzene rings is 2. The van der Waals surface area contributed by atoms with Crippen molar-refractivity contribution >= 4 is 10.9 Å². The highest BCUT2D eigenvalue weighted by molar-refractivity contribution is 5.90. The summed E-state index contributed by atoms with van der Waals surface area (Å²) < 4.78 is 13.0. The Bertz CT molecular complexity index is 1390. The van der Waals surface area contributed by atoms with Crippen LogP contribution in [0.2, 0.25) is 0 Å². The first-order valence-electron chi connectivity index (χ1n) is 12.6. The molecule has 8 heteroatoms. The van der Waals surface area contributed by atoms with Crippen LogP contribution in [0.3, 0.4) is 0 Å². The van der Waals surface area contributed by atoms with Crippen molar-refractivity contribution in [1.29, 1.82) is 0 Å². The van der Waals surface area contributed by atoms with Gasteiger partial charge < -0.3 is 14.6 Å². The molecule has 1 saturated heterocycles. The van der Waals surface area contributed by atoms with E-state index in [-0.39, 0.29) is 5.75 Å². The summed E-state index contributed by atoms with van der Waals surface area (Å²) in [6, 6.07) is 14.3. The number of fused-ring (bicyclic) bond motifs is 1. The van der Waals surface area contributed by atoms with Crippen molar-refractivity contribution in [2.75, 3.05) is 26.8 Å². The standard InChI is InChI=1S/C28H31N5O3/c1-4-36-22-12-21(13-22)33-15-20(16-33)24-7-8-25(30-29-24)23-6-5-17(10-26(23)34)18-9-19-14-32(2)31-28(19)27(11-18)35-3/h5-11,14,20-22,34H,4,12-13,15-16H2,1-3H3. The van der Waals surface area contributed by atoms with E-state index >= 15 is 0 Å². The second-order valence-corrected chi connectivity index (χ2v) is 9.85. The van der Waals surface area contributed by atoms with Gasteiger partial charge in [-0.15, -0.1) is 0 Å². The second kappa shape index (κ2) is 9.19. The average molecular weight is 486 g/mol. The van der Waals surface area contributed by atoms with Gasteiger partial charge in [-0.2, -0.15) is 15.3 Å². The largest absolute Gasteiger partial charge is 0.507 e. The molecule has 0 atom stereocenters. The van der Waals surface area contributed by atoms with Crippen LogP contribution in [-0.2, 0) is 11.8 Å². The molecule has 1 aliphatic carbocycles. The van der Waals surface area contributed by atoms with Crippen molar-refractivity contribution in [1.82, 2.24) is 24.9 Å². The Hall–Kier alpha value is -3.49. The average Bonchev–Trinajstić information content (AvgIpc) is 3.21. The molecule has 0 unspecified atom stereocenters. The molecule has 8 nitrogen and oxygen atoms in total. The SMILES string of the molecule is CCOC1CC(N2CC(c3ccc(-c4ccc(-c5cc(OC)c6nn(C)cc6c5)cc4O)nn3)C2)C1. The highest BCUT2D eigenvalue weighted by Crippen LogP contribution is 2.38. The Labute approximate surface area is 210 Å². The van der Waals surface area contributed by atoms with Gasteiger partial charge in [0.15, 0.2) is 0 Å². The number of aromatic hydroxyl groups is 1. The summed E-state index contributed by atoms with van der Waals surface area (Å²) in [7, 11) is 3.53. The maximum absolute atomic E-state index is 10.8. The molecule has 2 aliphatic rings. The number of phenolic OH excluding ortho intramolecular Hbond substituents is 1. The van der Waals surface area contributed by atoms with Crippen LogP contribution in [0.15, 0.2) is 48.7 Å². The molecular weight excluding hydrogens is 454 g/mol. The fourth-order valence-corrected chi connectivity index (χ4v) is 5.38. The van der Waals surface area contributed by atoms with Gasteiger partial charge in [-0.3, -0.25) is 9.58 Å². The highest BCUT2D eigenvalue weighted by atomic mass is 16.5. The van der Waals surface area contributed by atoms with Gasteiger partial charge in [-0.1, -0.05) is 6.07 Å². The zero-order valence-electron chi connectivity index (χ0n) is 20.9. The Kier molecular flexibility index (Phi) is 5.85. The summed E-state index contributed by atoms with van der Waals surface area (Å²) in [6.07, 6.45) is 4.68. The van der Waals surface area contributed by atoms with Gasteiger partial charge in [0.05, 0.1) is 24.6 Å². The lowest BCUT2D eigenvalue weighted by molar-refractivity contribution is -0.0675. The summed E-state index contributed by atoms with van der Waals surface area (Å²) in [4.78, 5) is 2.53. The van der Waals surface area contributed by atoms with Gasteiger partial charge in [-0.05, 0) is 67.3 Å². The lowest BCUT2D eigenvalue weighted by atomic mass is 9.83. The summed E-state index contributed by atoms with van der Waals surface area (Å²) in [5.74, 6) is 1.29. The van der Waals surface area contributed by atoms with E-state index in [4.69, 9.17) is 9.47 Å². The van der Waals surface area contributed by atoms with Crippen molar-refractivity contribution in [3.8, 4) is 33.9 Å². The molecule has 0 bridgehead atoms. The van der Waals surface area contributed by atoms with E-state index in [9.17, 15) is 5.11 Å². The van der Waals surface area contributed by atoms with Crippen LogP contribution in [0.25, 0.3) is 33.3 Å². The van der Waals surface area contributed by atoms with E-state index in [2.05, 4.69) is 33.2 Å². The predicted octanol–water partition coefficient (Wildman–Crippen LogP) is 4.38. The first kappa shape index (κ1) is 22.9. The molecule has 0 radical (unpaired) electrons. The topological polar surface area (TPSA) is 85.5 Å². The van der Waals surface area contributed by atoms with Crippen LogP contribution >= 0.6 is 0 Å². The van der Waals surface area contributed by atoms with Crippen LogP contribution in [0, 0.1) is 0 Å². The van der Waals surface area contributed by atoms with E-state index < -0.39 is 0 Å². The van der Waals surface area contributed by atoms with Gasteiger partial charge in [0.2, 0.25) is 0 Å². The number of nitrogens with zero attached hydrogens (tertiary/aromatic N) is 5. The third kappa shape index (κ3) is 4.10. The number of hydrogen-bond donors (Lipinski definition) is 1. The molecule has 36 heavy (non-hydrogen) atoms. The minimum Gasteiger partial charge on any atom is -0.507 e. The number of hydrogen-bond acceptors (Lipinski definition) is 7. The molecule has 3 heterocycles. The molecule has 6 rings (SSSR count). The first-order chi connectivity index (χ1) is 17.5. The quantitative estimate of drug-likeness (QED) is 0.416. The zero-order chi connectivity index (χ0) is 24.8. The van der Waals surface area contributed by atoms with Crippen LogP contribution in [0.5, 0.6) is 11.5 Å². The minimum atomic E-state index is 0.170. The lowest BCUT2D eigenvalue weighted by Crippen LogP contribution is -2.57. The number of phenols is 1. The number of methoxy groups -OCH3 is 1. The summed E-state index contributed by atoms with van der Waals surface area (Å²) in [6.45, 7) is 4.92. The van der Waals surface area contributed by atoms with Crippen molar-refractivity contribution < 1.29 is 14.6 Å². The maximum Gasteiger partial charge on any atom is 0.147 e. The molecule has 2 aromatic carbocycles. The van der Waals surface area contributed by atoms with Crippen molar-refractivity contribution in [2.45, 2.75) is 37.8 Å². The Morgan fingerprint density at radius 1 is 1.03 bits per heavy atom. The van der Waals surface area contributed by atoms with E-state index in [0.717, 1.165) is 60.3 Å². The normalized spacial score (nSPS) is 20.3. The fourth-order valence-electron chi connectivity index (χ4n) is 5.38.